The van der Waals surface area contributed by atoms with Gasteiger partial charge in [-0.15, -0.1) is 0 Å². The summed E-state index contributed by atoms with van der Waals surface area (Å²) in [4.78, 5) is 11.8. The van der Waals surface area contributed by atoms with Crippen molar-refractivity contribution in [2.75, 3.05) is 0 Å². The highest BCUT2D eigenvalue weighted by molar-refractivity contribution is 5.96. The van der Waals surface area contributed by atoms with Gasteiger partial charge >= 0.3 is 0 Å². The highest BCUT2D eigenvalue weighted by Crippen LogP contribution is 2.15. The summed E-state index contributed by atoms with van der Waals surface area (Å²) in [5, 5.41) is 0. The number of ketones is 1. The molecule has 0 aliphatic carbocycles. The number of hydrogen-bond acceptors (Lipinski definition) is 1. The molecule has 0 saturated carbocycles. The Labute approximate surface area is 126 Å². The third-order valence-corrected chi connectivity index (χ3v) is 3.74. The van der Waals surface area contributed by atoms with E-state index >= 15 is 0 Å². The van der Waals surface area contributed by atoms with Crippen LogP contribution in [0.1, 0.15) is 81.5 Å². The number of Topliss-reactive ketones (excluding diaryl/α,β-unsaturated/α-hetero) is 1. The second kappa shape index (κ2) is 10.5. The first-order valence-electron chi connectivity index (χ1n) is 8.13. The molecule has 0 bridgehead atoms. The molecule has 1 aromatic carbocycles. The van der Waals surface area contributed by atoms with Gasteiger partial charge in [0, 0.05) is 6.42 Å². The molecule has 0 amide bonds. The molecule has 0 heterocycles. The molecule has 0 fully saturated rings. The summed E-state index contributed by atoms with van der Waals surface area (Å²) < 4.78 is 26.4. The quantitative estimate of drug-likeness (QED) is 0.358. The lowest BCUT2D eigenvalue weighted by molar-refractivity contribution is 0.0974. The summed E-state index contributed by atoms with van der Waals surface area (Å²) in [6.07, 6.45) is 10.8. The standard InChI is InChI=1S/C18H26F2O/c1-2-3-4-5-6-7-8-9-10-11-18(21)16-14-15(19)12-13-17(16)20/h12-14H,2-11H2,1H3. The minimum atomic E-state index is -0.627. The normalized spacial score (nSPS) is 10.8. The molecule has 0 unspecified atom stereocenters. The highest BCUT2D eigenvalue weighted by atomic mass is 19.1. The van der Waals surface area contributed by atoms with Crippen LogP contribution in [-0.4, -0.2) is 5.78 Å². The molecule has 1 aromatic rings. The molecule has 3 heteroatoms. The van der Waals surface area contributed by atoms with Gasteiger partial charge in [0.25, 0.3) is 0 Å². The Hall–Kier alpha value is -1.25. The van der Waals surface area contributed by atoms with Crippen molar-refractivity contribution in [2.45, 2.75) is 71.1 Å². The van der Waals surface area contributed by atoms with E-state index in [-0.39, 0.29) is 11.3 Å². The predicted molar refractivity (Wildman–Crippen MR) is 82.5 cm³/mol. The molecule has 0 spiro atoms. The number of halogens is 2. The Balaban J connectivity index is 2.12. The second-order valence-corrected chi connectivity index (χ2v) is 5.63. The monoisotopic (exact) mass is 296 g/mol. The first-order chi connectivity index (χ1) is 10.1. The lowest BCUT2D eigenvalue weighted by Crippen LogP contribution is -2.03. The maximum atomic E-state index is 13.4. The van der Waals surface area contributed by atoms with E-state index in [1.54, 1.807) is 0 Å². The van der Waals surface area contributed by atoms with Crippen LogP contribution >= 0.6 is 0 Å². The average molecular weight is 296 g/mol. The first kappa shape index (κ1) is 17.8. The Kier molecular flexibility index (Phi) is 8.88. The van der Waals surface area contributed by atoms with Crippen LogP contribution in [0.25, 0.3) is 0 Å². The van der Waals surface area contributed by atoms with Crippen molar-refractivity contribution >= 4 is 5.78 Å². The fourth-order valence-electron chi connectivity index (χ4n) is 2.44. The smallest absolute Gasteiger partial charge is 0.165 e. The molecule has 118 valence electrons. The zero-order valence-corrected chi connectivity index (χ0v) is 13.0. The van der Waals surface area contributed by atoms with E-state index < -0.39 is 11.6 Å². The fourth-order valence-corrected chi connectivity index (χ4v) is 2.44. The van der Waals surface area contributed by atoms with E-state index in [9.17, 15) is 13.6 Å². The molecular formula is C18H26F2O. The third kappa shape index (κ3) is 7.35. The molecule has 0 saturated heterocycles. The van der Waals surface area contributed by atoms with E-state index in [0.717, 1.165) is 37.5 Å². The number of rotatable bonds is 11. The first-order valence-corrected chi connectivity index (χ1v) is 8.13. The van der Waals surface area contributed by atoms with Crippen LogP contribution in [0.4, 0.5) is 8.78 Å². The van der Waals surface area contributed by atoms with Gasteiger partial charge in [0.1, 0.15) is 11.6 Å². The van der Waals surface area contributed by atoms with Gasteiger partial charge in [-0.05, 0) is 24.6 Å². The average Bonchev–Trinajstić information content (AvgIpc) is 2.48. The van der Waals surface area contributed by atoms with Gasteiger partial charge in [0.05, 0.1) is 5.56 Å². The molecule has 0 aromatic heterocycles. The lowest BCUT2D eigenvalue weighted by atomic mass is 10.0. The SMILES string of the molecule is CCCCCCCCCCCC(=O)c1cc(F)ccc1F. The Bertz CT molecular complexity index is 429. The Morgan fingerprint density at radius 3 is 2.10 bits per heavy atom. The summed E-state index contributed by atoms with van der Waals surface area (Å²) in [6, 6.07) is 3.04. The van der Waals surface area contributed by atoms with Gasteiger partial charge in [-0.2, -0.15) is 0 Å². The van der Waals surface area contributed by atoms with Crippen molar-refractivity contribution in [3.05, 3.63) is 35.4 Å². The summed E-state index contributed by atoms with van der Waals surface area (Å²) >= 11 is 0. The number of hydrogen-bond donors (Lipinski definition) is 0. The number of carbonyl (C=O) groups is 1. The van der Waals surface area contributed by atoms with Crippen molar-refractivity contribution in [3.8, 4) is 0 Å². The molecule has 0 aliphatic rings. The zero-order chi connectivity index (χ0) is 15.5. The lowest BCUT2D eigenvalue weighted by Gasteiger charge is -2.04. The van der Waals surface area contributed by atoms with Crippen LogP contribution in [0.5, 0.6) is 0 Å². The third-order valence-electron chi connectivity index (χ3n) is 3.74. The van der Waals surface area contributed by atoms with Crippen molar-refractivity contribution in [1.82, 2.24) is 0 Å². The van der Waals surface area contributed by atoms with Gasteiger partial charge in [0.15, 0.2) is 5.78 Å². The largest absolute Gasteiger partial charge is 0.294 e. The maximum Gasteiger partial charge on any atom is 0.165 e. The summed E-state index contributed by atoms with van der Waals surface area (Å²) in [7, 11) is 0. The van der Waals surface area contributed by atoms with Crippen LogP contribution in [0, 0.1) is 11.6 Å². The predicted octanol–water partition coefficient (Wildman–Crippen LogP) is 6.07. The van der Waals surface area contributed by atoms with E-state index in [1.165, 1.54) is 38.5 Å². The molecule has 1 rings (SSSR count). The Morgan fingerprint density at radius 2 is 1.48 bits per heavy atom. The van der Waals surface area contributed by atoms with Crippen molar-refractivity contribution in [2.24, 2.45) is 0 Å². The Morgan fingerprint density at radius 1 is 0.905 bits per heavy atom. The second-order valence-electron chi connectivity index (χ2n) is 5.63. The van der Waals surface area contributed by atoms with Crippen LogP contribution < -0.4 is 0 Å². The van der Waals surface area contributed by atoms with Crippen molar-refractivity contribution in [3.63, 3.8) is 0 Å². The highest BCUT2D eigenvalue weighted by Gasteiger charge is 2.12. The summed E-state index contributed by atoms with van der Waals surface area (Å²) in [5.74, 6) is -1.49. The van der Waals surface area contributed by atoms with Gasteiger partial charge < -0.3 is 0 Å². The van der Waals surface area contributed by atoms with Gasteiger partial charge in [-0.1, -0.05) is 58.3 Å². The van der Waals surface area contributed by atoms with Gasteiger partial charge in [0.2, 0.25) is 0 Å². The molecule has 0 N–H and O–H groups in total. The van der Waals surface area contributed by atoms with Gasteiger partial charge in [-0.25, -0.2) is 8.78 Å². The van der Waals surface area contributed by atoms with Crippen LogP contribution in [0.3, 0.4) is 0 Å². The maximum absolute atomic E-state index is 13.4. The summed E-state index contributed by atoms with van der Waals surface area (Å²) in [6.45, 7) is 2.21. The van der Waals surface area contributed by atoms with Gasteiger partial charge in [-0.3, -0.25) is 4.79 Å². The summed E-state index contributed by atoms with van der Waals surface area (Å²) in [5.41, 5.74) is -0.116. The van der Waals surface area contributed by atoms with E-state index in [2.05, 4.69) is 6.92 Å². The van der Waals surface area contributed by atoms with Crippen LogP contribution in [0.15, 0.2) is 18.2 Å². The van der Waals surface area contributed by atoms with Crippen molar-refractivity contribution in [1.29, 1.82) is 0 Å². The van der Waals surface area contributed by atoms with E-state index in [0.29, 0.717) is 6.42 Å². The van der Waals surface area contributed by atoms with E-state index in [1.807, 2.05) is 0 Å². The topological polar surface area (TPSA) is 17.1 Å². The molecule has 0 atom stereocenters. The zero-order valence-electron chi connectivity index (χ0n) is 13.0. The fraction of sp³-hybridized carbons (Fsp3) is 0.611. The molecule has 0 radical (unpaired) electrons. The number of carbonyl (C=O) groups excluding carboxylic acids is 1. The van der Waals surface area contributed by atoms with Crippen LogP contribution in [0.2, 0.25) is 0 Å². The van der Waals surface area contributed by atoms with Crippen LogP contribution in [-0.2, 0) is 0 Å². The van der Waals surface area contributed by atoms with E-state index in [4.69, 9.17) is 0 Å². The minimum absolute atomic E-state index is 0.116. The number of benzene rings is 1. The number of unbranched alkanes of at least 4 members (excludes halogenated alkanes) is 8. The minimum Gasteiger partial charge on any atom is -0.294 e. The molecule has 1 nitrogen and oxygen atoms in total. The van der Waals surface area contributed by atoms with Crippen molar-refractivity contribution < 1.29 is 13.6 Å². The molecule has 0 aliphatic heterocycles. The molecule has 21 heavy (non-hydrogen) atoms. The molecular weight excluding hydrogens is 270 g/mol.